The first kappa shape index (κ1) is 18.7. The van der Waals surface area contributed by atoms with Crippen molar-refractivity contribution >= 4 is 33.1 Å². The van der Waals surface area contributed by atoms with Crippen LogP contribution in [0, 0.1) is 0 Å². The van der Waals surface area contributed by atoms with E-state index in [1.54, 1.807) is 41.3 Å². The number of amides is 1. The highest BCUT2D eigenvalue weighted by Crippen LogP contribution is 2.33. The van der Waals surface area contributed by atoms with Crippen molar-refractivity contribution < 1.29 is 9.53 Å². The first-order valence-electron chi connectivity index (χ1n) is 9.49. The molecular formula is C21H23N3O3S. The lowest BCUT2D eigenvalue weighted by atomic mass is 9.97. The van der Waals surface area contributed by atoms with E-state index in [4.69, 9.17) is 4.74 Å². The molecule has 1 aliphatic carbocycles. The zero-order valence-electron chi connectivity index (χ0n) is 16.1. The number of para-hydroxylation sites is 2. The molecule has 1 aliphatic rings. The summed E-state index contributed by atoms with van der Waals surface area (Å²) in [5.41, 5.74) is 1.86. The van der Waals surface area contributed by atoms with Gasteiger partial charge in [-0.25, -0.2) is 4.98 Å². The number of hydrogen-bond acceptors (Lipinski definition) is 5. The molecule has 0 saturated carbocycles. The van der Waals surface area contributed by atoms with Crippen molar-refractivity contribution in [2.24, 2.45) is 0 Å². The van der Waals surface area contributed by atoms with Gasteiger partial charge in [0.15, 0.2) is 0 Å². The smallest absolute Gasteiger partial charge is 0.262 e. The molecule has 0 fully saturated rings. The third-order valence-corrected chi connectivity index (χ3v) is 6.53. The highest BCUT2D eigenvalue weighted by atomic mass is 32.1. The van der Waals surface area contributed by atoms with Crippen LogP contribution in [0.3, 0.4) is 0 Å². The van der Waals surface area contributed by atoms with Crippen LogP contribution < -0.4 is 15.2 Å². The van der Waals surface area contributed by atoms with Gasteiger partial charge in [0.2, 0.25) is 5.91 Å². The molecule has 0 atom stereocenters. The average Bonchev–Trinajstić information content (AvgIpc) is 3.11. The summed E-state index contributed by atoms with van der Waals surface area (Å²) >= 11 is 1.64. The van der Waals surface area contributed by atoms with E-state index in [-0.39, 0.29) is 17.9 Å². The Hall–Kier alpha value is -2.67. The predicted octanol–water partition coefficient (Wildman–Crippen LogP) is 3.40. The van der Waals surface area contributed by atoms with Crippen LogP contribution in [0.5, 0.6) is 5.75 Å². The topological polar surface area (TPSA) is 64.4 Å². The fourth-order valence-electron chi connectivity index (χ4n) is 3.77. The Morgan fingerprint density at radius 3 is 2.89 bits per heavy atom. The monoisotopic (exact) mass is 397 g/mol. The molecule has 0 unspecified atom stereocenters. The number of thiophene rings is 1. The molecule has 4 rings (SSSR count). The van der Waals surface area contributed by atoms with E-state index < -0.39 is 0 Å². The molecule has 2 aromatic heterocycles. The maximum atomic E-state index is 13.0. The second kappa shape index (κ2) is 7.75. The molecule has 0 aliphatic heterocycles. The first-order valence-corrected chi connectivity index (χ1v) is 10.3. The van der Waals surface area contributed by atoms with Crippen LogP contribution in [0.15, 0.2) is 35.4 Å². The lowest BCUT2D eigenvalue weighted by Gasteiger charge is -2.20. The van der Waals surface area contributed by atoms with Crippen molar-refractivity contribution in [1.29, 1.82) is 0 Å². The molecule has 6 nitrogen and oxygen atoms in total. The van der Waals surface area contributed by atoms with Crippen LogP contribution in [-0.2, 0) is 24.2 Å². The van der Waals surface area contributed by atoms with Gasteiger partial charge in [0.1, 0.15) is 10.6 Å². The molecule has 1 amide bonds. The SMILES string of the molecule is COc1ccccc1N(C)C(=O)CCn1cnc2sc3c(c2c1=O)CCCC3. The molecule has 0 N–H and O–H groups in total. The van der Waals surface area contributed by atoms with E-state index in [1.807, 2.05) is 24.3 Å². The van der Waals surface area contributed by atoms with Crippen molar-refractivity contribution in [1.82, 2.24) is 9.55 Å². The zero-order chi connectivity index (χ0) is 19.7. The number of anilines is 1. The second-order valence-electron chi connectivity index (χ2n) is 7.01. The van der Waals surface area contributed by atoms with E-state index >= 15 is 0 Å². The van der Waals surface area contributed by atoms with E-state index in [9.17, 15) is 9.59 Å². The molecule has 2 heterocycles. The van der Waals surface area contributed by atoms with Crippen LogP contribution in [-0.4, -0.2) is 29.6 Å². The number of nitrogens with zero attached hydrogens (tertiary/aromatic N) is 3. The number of benzene rings is 1. The molecule has 0 radical (unpaired) electrons. The maximum Gasteiger partial charge on any atom is 0.262 e. The van der Waals surface area contributed by atoms with Crippen LogP contribution >= 0.6 is 11.3 Å². The summed E-state index contributed by atoms with van der Waals surface area (Å²) in [7, 11) is 3.30. The minimum absolute atomic E-state index is 0.0304. The third-order valence-electron chi connectivity index (χ3n) is 5.33. The van der Waals surface area contributed by atoms with E-state index in [0.29, 0.717) is 18.0 Å². The Bertz CT molecular complexity index is 1090. The molecule has 3 aromatic rings. The fourth-order valence-corrected chi connectivity index (χ4v) is 4.98. The molecule has 7 heteroatoms. The summed E-state index contributed by atoms with van der Waals surface area (Å²) < 4.78 is 6.90. The quantitative estimate of drug-likeness (QED) is 0.662. The number of carbonyl (C=O) groups excluding carboxylic acids is 1. The number of carbonyl (C=O) groups is 1. The summed E-state index contributed by atoms with van der Waals surface area (Å²) in [4.78, 5) is 33.9. The number of methoxy groups -OCH3 is 1. The van der Waals surface area contributed by atoms with Gasteiger partial charge in [0.05, 0.1) is 24.5 Å². The van der Waals surface area contributed by atoms with Crippen LogP contribution in [0.2, 0.25) is 0 Å². The molecule has 1 aromatic carbocycles. The number of aryl methyl sites for hydroxylation is 3. The summed E-state index contributed by atoms with van der Waals surface area (Å²) in [5, 5.41) is 0.757. The van der Waals surface area contributed by atoms with Gasteiger partial charge < -0.3 is 9.64 Å². The average molecular weight is 398 g/mol. The lowest BCUT2D eigenvalue weighted by molar-refractivity contribution is -0.118. The summed E-state index contributed by atoms with van der Waals surface area (Å²) in [6, 6.07) is 7.39. The van der Waals surface area contributed by atoms with Gasteiger partial charge >= 0.3 is 0 Å². The van der Waals surface area contributed by atoms with Gasteiger partial charge in [-0.15, -0.1) is 11.3 Å². The lowest BCUT2D eigenvalue weighted by Crippen LogP contribution is -2.29. The maximum absolute atomic E-state index is 13.0. The Morgan fingerprint density at radius 2 is 2.07 bits per heavy atom. The Balaban J connectivity index is 1.55. The van der Waals surface area contributed by atoms with Gasteiger partial charge in [-0.2, -0.15) is 0 Å². The van der Waals surface area contributed by atoms with Crippen LogP contribution in [0.1, 0.15) is 29.7 Å². The van der Waals surface area contributed by atoms with Crippen molar-refractivity contribution in [3.63, 3.8) is 0 Å². The summed E-state index contributed by atoms with van der Waals surface area (Å²) in [6.07, 6.45) is 6.08. The Labute approximate surface area is 167 Å². The first-order chi connectivity index (χ1) is 13.6. The van der Waals surface area contributed by atoms with Gasteiger partial charge in [-0.05, 0) is 43.4 Å². The van der Waals surface area contributed by atoms with Gasteiger partial charge in [-0.3, -0.25) is 14.2 Å². The Kier molecular flexibility index (Phi) is 5.17. The number of aromatic nitrogens is 2. The number of fused-ring (bicyclic) bond motifs is 3. The molecule has 0 bridgehead atoms. The van der Waals surface area contributed by atoms with Crippen molar-refractivity contribution in [3.05, 3.63) is 51.4 Å². The largest absolute Gasteiger partial charge is 0.495 e. The van der Waals surface area contributed by atoms with Crippen molar-refractivity contribution in [3.8, 4) is 5.75 Å². The molecule has 146 valence electrons. The molecule has 0 saturated heterocycles. The fraction of sp³-hybridized carbons (Fsp3) is 0.381. The van der Waals surface area contributed by atoms with E-state index in [2.05, 4.69) is 4.98 Å². The normalized spacial score (nSPS) is 13.4. The summed E-state index contributed by atoms with van der Waals surface area (Å²) in [5.74, 6) is 0.562. The molecule has 28 heavy (non-hydrogen) atoms. The highest BCUT2D eigenvalue weighted by Gasteiger charge is 2.20. The van der Waals surface area contributed by atoms with Crippen LogP contribution in [0.25, 0.3) is 10.2 Å². The van der Waals surface area contributed by atoms with E-state index in [1.165, 1.54) is 16.9 Å². The van der Waals surface area contributed by atoms with Gasteiger partial charge in [-0.1, -0.05) is 12.1 Å². The number of hydrogen-bond donors (Lipinski definition) is 0. The van der Waals surface area contributed by atoms with Crippen molar-refractivity contribution in [2.75, 3.05) is 19.1 Å². The standard InChI is InChI=1S/C21H23N3O3S/c1-23(15-8-4-5-9-16(15)27-2)18(25)11-12-24-13-22-20-19(21(24)26)14-7-3-6-10-17(14)28-20/h4-5,8-9,13H,3,6-7,10-12H2,1-2H3. The second-order valence-corrected chi connectivity index (χ2v) is 8.09. The Morgan fingerprint density at radius 1 is 1.29 bits per heavy atom. The van der Waals surface area contributed by atoms with Crippen LogP contribution in [0.4, 0.5) is 5.69 Å². The zero-order valence-corrected chi connectivity index (χ0v) is 16.9. The molecular weight excluding hydrogens is 374 g/mol. The minimum Gasteiger partial charge on any atom is -0.495 e. The minimum atomic E-state index is -0.0798. The predicted molar refractivity (Wildman–Crippen MR) is 112 cm³/mol. The number of rotatable bonds is 5. The summed E-state index contributed by atoms with van der Waals surface area (Å²) in [6.45, 7) is 0.310. The highest BCUT2D eigenvalue weighted by molar-refractivity contribution is 7.18. The third kappa shape index (κ3) is 3.30. The van der Waals surface area contributed by atoms with Crippen molar-refractivity contribution in [2.45, 2.75) is 38.6 Å². The number of ether oxygens (including phenoxy) is 1. The van der Waals surface area contributed by atoms with Gasteiger partial charge in [0, 0.05) is 24.9 Å². The van der Waals surface area contributed by atoms with Gasteiger partial charge in [0.25, 0.3) is 5.56 Å². The molecule has 0 spiro atoms. The van der Waals surface area contributed by atoms with E-state index in [0.717, 1.165) is 29.5 Å².